The topological polar surface area (TPSA) is 69.6 Å². The highest BCUT2D eigenvalue weighted by molar-refractivity contribution is 5.77. The summed E-state index contributed by atoms with van der Waals surface area (Å²) in [5, 5.41) is 11.9. The molecule has 0 aromatic rings. The van der Waals surface area contributed by atoms with Gasteiger partial charge in [0, 0.05) is 18.1 Å². The van der Waals surface area contributed by atoms with Crippen LogP contribution >= 0.6 is 0 Å². The van der Waals surface area contributed by atoms with Gasteiger partial charge in [-0.15, -0.1) is 0 Å². The molecule has 0 bridgehead atoms. The number of likely N-dealkylation sites (tertiary alicyclic amines) is 1. The molecule has 5 heteroatoms. The van der Waals surface area contributed by atoms with Gasteiger partial charge in [-0.3, -0.25) is 4.79 Å². The van der Waals surface area contributed by atoms with Crippen LogP contribution in [0.25, 0.3) is 0 Å². The van der Waals surface area contributed by atoms with Crippen LogP contribution in [0, 0.1) is 5.92 Å². The number of hydrogen-bond acceptors (Lipinski definition) is 2. The molecule has 1 unspecified atom stereocenters. The number of carboxylic acids is 1. The standard InChI is InChI=1S/C13H22N2O3/c1-13(2,9-5-6-9)14-12(18)15-7-3-4-10(15)8-11(16)17/h9-10H,3-8H2,1-2H3,(H,14,18)(H,16,17). The number of amides is 2. The van der Waals surface area contributed by atoms with E-state index in [1.807, 2.05) is 13.8 Å². The molecule has 5 nitrogen and oxygen atoms in total. The van der Waals surface area contributed by atoms with E-state index in [1.165, 1.54) is 12.8 Å². The minimum Gasteiger partial charge on any atom is -0.481 e. The van der Waals surface area contributed by atoms with Gasteiger partial charge in [0.1, 0.15) is 0 Å². The van der Waals surface area contributed by atoms with Gasteiger partial charge >= 0.3 is 12.0 Å². The Kier molecular flexibility index (Phi) is 3.50. The fraction of sp³-hybridized carbons (Fsp3) is 0.846. The highest BCUT2D eigenvalue weighted by Gasteiger charge is 2.40. The number of aliphatic carboxylic acids is 1. The zero-order chi connectivity index (χ0) is 13.3. The second-order valence-corrected chi connectivity index (χ2v) is 6.01. The van der Waals surface area contributed by atoms with E-state index in [1.54, 1.807) is 4.90 Å². The maximum atomic E-state index is 12.2. The maximum Gasteiger partial charge on any atom is 0.318 e. The molecule has 1 saturated heterocycles. The summed E-state index contributed by atoms with van der Waals surface area (Å²) in [5.41, 5.74) is -0.173. The lowest BCUT2D eigenvalue weighted by atomic mass is 9.99. The lowest BCUT2D eigenvalue weighted by Crippen LogP contribution is -2.52. The molecule has 2 fully saturated rings. The van der Waals surface area contributed by atoms with Gasteiger partial charge in [-0.1, -0.05) is 0 Å². The third kappa shape index (κ3) is 2.94. The summed E-state index contributed by atoms with van der Waals surface area (Å²) in [6, 6.07) is -0.242. The molecule has 1 aliphatic carbocycles. The van der Waals surface area contributed by atoms with Crippen molar-refractivity contribution in [2.24, 2.45) is 5.92 Å². The lowest BCUT2D eigenvalue weighted by Gasteiger charge is -2.31. The number of carbonyl (C=O) groups excluding carboxylic acids is 1. The number of carboxylic acid groups (broad SMARTS) is 1. The zero-order valence-electron chi connectivity index (χ0n) is 11.1. The van der Waals surface area contributed by atoms with Crippen LogP contribution in [0.1, 0.15) is 46.0 Å². The largest absolute Gasteiger partial charge is 0.481 e. The summed E-state index contributed by atoms with van der Waals surface area (Å²) in [6.07, 6.45) is 4.09. The first kappa shape index (κ1) is 13.2. The second kappa shape index (κ2) is 4.78. The molecule has 1 aliphatic heterocycles. The van der Waals surface area contributed by atoms with Crippen LogP contribution in [-0.4, -0.2) is 40.1 Å². The van der Waals surface area contributed by atoms with Crippen molar-refractivity contribution in [2.75, 3.05) is 6.54 Å². The highest BCUT2D eigenvalue weighted by Crippen LogP contribution is 2.39. The third-order valence-corrected chi connectivity index (χ3v) is 4.08. The molecule has 2 rings (SSSR count). The van der Waals surface area contributed by atoms with Crippen molar-refractivity contribution >= 4 is 12.0 Å². The minimum atomic E-state index is -0.832. The predicted molar refractivity (Wildman–Crippen MR) is 67.3 cm³/mol. The molecule has 1 saturated carbocycles. The Hall–Kier alpha value is -1.26. The monoisotopic (exact) mass is 254 g/mol. The highest BCUT2D eigenvalue weighted by atomic mass is 16.4. The molecule has 18 heavy (non-hydrogen) atoms. The summed E-state index contributed by atoms with van der Waals surface area (Å²) >= 11 is 0. The first-order chi connectivity index (χ1) is 8.40. The molecule has 2 amide bonds. The van der Waals surface area contributed by atoms with Crippen molar-refractivity contribution in [2.45, 2.75) is 57.5 Å². The van der Waals surface area contributed by atoms with Gasteiger partial charge in [0.15, 0.2) is 0 Å². The van der Waals surface area contributed by atoms with Gasteiger partial charge in [-0.25, -0.2) is 4.79 Å². The van der Waals surface area contributed by atoms with Crippen LogP contribution < -0.4 is 5.32 Å². The Labute approximate surface area is 108 Å². The number of nitrogens with one attached hydrogen (secondary N) is 1. The lowest BCUT2D eigenvalue weighted by molar-refractivity contribution is -0.137. The summed E-state index contributed by atoms with van der Waals surface area (Å²) in [7, 11) is 0. The number of hydrogen-bond donors (Lipinski definition) is 2. The van der Waals surface area contributed by atoms with Gasteiger partial charge < -0.3 is 15.3 Å². The van der Waals surface area contributed by atoms with Crippen molar-refractivity contribution < 1.29 is 14.7 Å². The molecule has 0 radical (unpaired) electrons. The SMILES string of the molecule is CC(C)(NC(=O)N1CCCC1CC(=O)O)C1CC1. The smallest absolute Gasteiger partial charge is 0.318 e. The zero-order valence-corrected chi connectivity index (χ0v) is 11.1. The molecule has 2 N–H and O–H groups in total. The van der Waals surface area contributed by atoms with Gasteiger partial charge in [-0.2, -0.15) is 0 Å². The van der Waals surface area contributed by atoms with Crippen molar-refractivity contribution in [3.63, 3.8) is 0 Å². The minimum absolute atomic E-state index is 0.0529. The molecule has 0 aromatic carbocycles. The van der Waals surface area contributed by atoms with Crippen LogP contribution in [0.15, 0.2) is 0 Å². The van der Waals surface area contributed by atoms with Crippen LogP contribution in [0.4, 0.5) is 4.79 Å². The van der Waals surface area contributed by atoms with Crippen LogP contribution in [0.2, 0.25) is 0 Å². The van der Waals surface area contributed by atoms with Crippen LogP contribution in [0.5, 0.6) is 0 Å². The molecule has 1 atom stereocenters. The Morgan fingerprint density at radius 1 is 1.33 bits per heavy atom. The number of rotatable bonds is 4. The quantitative estimate of drug-likeness (QED) is 0.804. The van der Waals surface area contributed by atoms with E-state index in [9.17, 15) is 9.59 Å². The fourth-order valence-corrected chi connectivity index (χ4v) is 2.77. The van der Waals surface area contributed by atoms with Gasteiger partial charge in [-0.05, 0) is 45.4 Å². The maximum absolute atomic E-state index is 12.2. The van der Waals surface area contributed by atoms with Crippen LogP contribution in [-0.2, 0) is 4.79 Å². The first-order valence-electron chi connectivity index (χ1n) is 6.71. The molecule has 0 aromatic heterocycles. The van der Waals surface area contributed by atoms with E-state index in [4.69, 9.17) is 5.11 Å². The molecular weight excluding hydrogens is 232 g/mol. The van der Waals surface area contributed by atoms with E-state index in [2.05, 4.69) is 5.32 Å². The Morgan fingerprint density at radius 3 is 2.56 bits per heavy atom. The van der Waals surface area contributed by atoms with E-state index in [0.717, 1.165) is 12.8 Å². The average molecular weight is 254 g/mol. The fourth-order valence-electron chi connectivity index (χ4n) is 2.77. The van der Waals surface area contributed by atoms with E-state index >= 15 is 0 Å². The summed E-state index contributed by atoms with van der Waals surface area (Å²) in [6.45, 7) is 4.76. The van der Waals surface area contributed by atoms with Crippen LogP contribution in [0.3, 0.4) is 0 Å². The van der Waals surface area contributed by atoms with Crippen molar-refractivity contribution in [3.05, 3.63) is 0 Å². The Balaban J connectivity index is 1.93. The number of nitrogens with zero attached hydrogens (tertiary/aromatic N) is 1. The second-order valence-electron chi connectivity index (χ2n) is 6.01. The summed E-state index contributed by atoms with van der Waals surface area (Å²) in [4.78, 5) is 24.7. The number of urea groups is 1. The normalized spacial score (nSPS) is 24.1. The number of carbonyl (C=O) groups is 2. The van der Waals surface area contributed by atoms with Crippen molar-refractivity contribution in [1.82, 2.24) is 10.2 Å². The Morgan fingerprint density at radius 2 is 2.00 bits per heavy atom. The predicted octanol–water partition coefficient (Wildman–Crippen LogP) is 1.82. The van der Waals surface area contributed by atoms with Crippen molar-refractivity contribution in [3.8, 4) is 0 Å². The van der Waals surface area contributed by atoms with E-state index in [-0.39, 0.29) is 24.0 Å². The summed E-state index contributed by atoms with van der Waals surface area (Å²) < 4.78 is 0. The van der Waals surface area contributed by atoms with Gasteiger partial charge in [0.2, 0.25) is 0 Å². The molecule has 2 aliphatic rings. The average Bonchev–Trinajstić information content (AvgIpc) is 3.00. The molecule has 102 valence electrons. The van der Waals surface area contributed by atoms with Gasteiger partial charge in [0.05, 0.1) is 6.42 Å². The third-order valence-electron chi connectivity index (χ3n) is 4.08. The van der Waals surface area contributed by atoms with Gasteiger partial charge in [0.25, 0.3) is 0 Å². The van der Waals surface area contributed by atoms with Crippen molar-refractivity contribution in [1.29, 1.82) is 0 Å². The van der Waals surface area contributed by atoms with E-state index in [0.29, 0.717) is 12.5 Å². The first-order valence-corrected chi connectivity index (χ1v) is 6.71. The summed E-state index contributed by atoms with van der Waals surface area (Å²) in [5.74, 6) is -0.261. The Bertz CT molecular complexity index is 350. The molecule has 1 heterocycles. The van der Waals surface area contributed by atoms with E-state index < -0.39 is 5.97 Å². The molecule has 0 spiro atoms. The molecular formula is C13H22N2O3.